The molecule has 0 aliphatic rings. The predicted molar refractivity (Wildman–Crippen MR) is 46.4 cm³/mol. The maximum Gasteiger partial charge on any atom is 0.334 e. The van der Waals surface area contributed by atoms with Crippen LogP contribution in [0.1, 0.15) is 6.92 Å². The van der Waals surface area contributed by atoms with Gasteiger partial charge in [0.15, 0.2) is 5.54 Å². The third-order valence-corrected chi connectivity index (χ3v) is 1.78. The fourth-order valence-electron chi connectivity index (χ4n) is 0.961. The highest BCUT2D eigenvalue weighted by Crippen LogP contribution is 2.12. The Hall–Kier alpha value is -1.94. The molecule has 1 rings (SSSR count). The molecule has 1 N–H and O–H groups in total. The minimum Gasteiger partial charge on any atom is -0.479 e. The van der Waals surface area contributed by atoms with Crippen molar-refractivity contribution in [3.8, 4) is 0 Å². The molecule has 1 aromatic heterocycles. The molecule has 1 unspecified atom stereocenters. The molecule has 0 bridgehead atoms. The highest BCUT2D eigenvalue weighted by molar-refractivity contribution is 5.79. The van der Waals surface area contributed by atoms with Crippen LogP contribution >= 0.6 is 0 Å². The van der Waals surface area contributed by atoms with Gasteiger partial charge in [-0.2, -0.15) is 10.1 Å². The SMILES string of the molecule is CC(Cn1cccn1)(N=C=O)C(=O)O. The summed E-state index contributed by atoms with van der Waals surface area (Å²) in [4.78, 5) is 24.2. The van der Waals surface area contributed by atoms with Gasteiger partial charge in [0.2, 0.25) is 6.08 Å². The van der Waals surface area contributed by atoms with Crippen LogP contribution in [0.2, 0.25) is 0 Å². The van der Waals surface area contributed by atoms with Gasteiger partial charge in [-0.15, -0.1) is 0 Å². The number of nitrogens with zero attached hydrogens (tertiary/aromatic N) is 3. The van der Waals surface area contributed by atoms with Crippen LogP contribution in [0.15, 0.2) is 23.5 Å². The number of carboxylic acid groups (broad SMARTS) is 1. The van der Waals surface area contributed by atoms with E-state index in [0.29, 0.717) is 0 Å². The molecule has 6 heteroatoms. The van der Waals surface area contributed by atoms with Crippen molar-refractivity contribution in [1.29, 1.82) is 0 Å². The molecule has 0 radical (unpaired) electrons. The van der Waals surface area contributed by atoms with Crippen LogP contribution in [0.25, 0.3) is 0 Å². The third kappa shape index (κ3) is 2.05. The summed E-state index contributed by atoms with van der Waals surface area (Å²) in [6.45, 7) is 1.34. The summed E-state index contributed by atoms with van der Waals surface area (Å²) in [5.74, 6) is -1.18. The monoisotopic (exact) mass is 195 g/mol. The Bertz CT molecular complexity index is 363. The Morgan fingerprint density at radius 2 is 2.50 bits per heavy atom. The topological polar surface area (TPSA) is 84.5 Å². The molecule has 0 amide bonds. The molecule has 6 nitrogen and oxygen atoms in total. The van der Waals surface area contributed by atoms with Gasteiger partial charge in [0.25, 0.3) is 0 Å². The number of hydrogen-bond acceptors (Lipinski definition) is 4. The van der Waals surface area contributed by atoms with E-state index in [0.717, 1.165) is 0 Å². The average Bonchev–Trinajstić information content (AvgIpc) is 2.56. The molecule has 0 aliphatic carbocycles. The molecule has 0 aromatic carbocycles. The molecule has 0 spiro atoms. The van der Waals surface area contributed by atoms with Crippen LogP contribution in [0, 0.1) is 0 Å². The van der Waals surface area contributed by atoms with Gasteiger partial charge in [-0.05, 0) is 13.0 Å². The second-order valence-electron chi connectivity index (χ2n) is 2.99. The maximum absolute atomic E-state index is 10.8. The normalized spacial score (nSPS) is 14.1. The van der Waals surface area contributed by atoms with E-state index in [1.807, 2.05) is 0 Å². The minimum absolute atomic E-state index is 0.00454. The first-order valence-corrected chi connectivity index (χ1v) is 3.88. The van der Waals surface area contributed by atoms with Crippen LogP contribution in [-0.4, -0.2) is 32.5 Å². The zero-order chi connectivity index (χ0) is 10.6. The van der Waals surface area contributed by atoms with Crippen molar-refractivity contribution in [2.75, 3.05) is 0 Å². The molecular weight excluding hydrogens is 186 g/mol. The first kappa shape index (κ1) is 10.1. The number of carboxylic acids is 1. The predicted octanol–water partition coefficient (Wildman–Crippen LogP) is 0.0622. The van der Waals surface area contributed by atoms with E-state index >= 15 is 0 Å². The lowest BCUT2D eigenvalue weighted by Crippen LogP contribution is -2.37. The number of hydrogen-bond donors (Lipinski definition) is 1. The van der Waals surface area contributed by atoms with Gasteiger partial charge in [0.1, 0.15) is 0 Å². The summed E-state index contributed by atoms with van der Waals surface area (Å²) in [7, 11) is 0. The molecular formula is C8H9N3O3. The highest BCUT2D eigenvalue weighted by Gasteiger charge is 2.33. The van der Waals surface area contributed by atoms with E-state index in [1.54, 1.807) is 12.3 Å². The largest absolute Gasteiger partial charge is 0.479 e. The van der Waals surface area contributed by atoms with Gasteiger partial charge in [-0.3, -0.25) is 4.68 Å². The van der Waals surface area contributed by atoms with Crippen molar-refractivity contribution in [2.45, 2.75) is 19.0 Å². The Kier molecular flexibility index (Phi) is 2.79. The summed E-state index contributed by atoms with van der Waals surface area (Å²) < 4.78 is 1.40. The summed E-state index contributed by atoms with van der Waals surface area (Å²) >= 11 is 0. The lowest BCUT2D eigenvalue weighted by Gasteiger charge is -2.17. The Morgan fingerprint density at radius 3 is 2.93 bits per heavy atom. The van der Waals surface area contributed by atoms with Crippen LogP contribution in [0.3, 0.4) is 0 Å². The molecule has 1 aromatic rings. The van der Waals surface area contributed by atoms with Crippen LogP contribution in [0.5, 0.6) is 0 Å². The van der Waals surface area contributed by atoms with Gasteiger partial charge >= 0.3 is 5.97 Å². The molecule has 0 aliphatic heterocycles. The van der Waals surface area contributed by atoms with Gasteiger partial charge in [0.05, 0.1) is 6.54 Å². The Labute approximate surface area is 79.9 Å². The van der Waals surface area contributed by atoms with Crippen LogP contribution in [0.4, 0.5) is 0 Å². The molecule has 14 heavy (non-hydrogen) atoms. The van der Waals surface area contributed by atoms with E-state index in [4.69, 9.17) is 5.11 Å². The third-order valence-electron chi connectivity index (χ3n) is 1.78. The fourth-order valence-corrected chi connectivity index (χ4v) is 0.961. The number of aliphatic imine (C=N–C) groups is 1. The fraction of sp³-hybridized carbons (Fsp3) is 0.375. The zero-order valence-corrected chi connectivity index (χ0v) is 7.54. The van der Waals surface area contributed by atoms with Gasteiger partial charge in [0, 0.05) is 12.4 Å². The molecule has 0 fully saturated rings. The molecule has 0 saturated heterocycles. The first-order valence-electron chi connectivity index (χ1n) is 3.88. The van der Waals surface area contributed by atoms with E-state index in [1.165, 1.54) is 23.9 Å². The van der Waals surface area contributed by atoms with E-state index in [-0.39, 0.29) is 6.54 Å². The average molecular weight is 195 g/mol. The quantitative estimate of drug-likeness (QED) is 0.544. The zero-order valence-electron chi connectivity index (χ0n) is 7.54. The number of isocyanates is 1. The number of aliphatic carboxylic acids is 1. The highest BCUT2D eigenvalue weighted by atomic mass is 16.4. The van der Waals surface area contributed by atoms with E-state index < -0.39 is 11.5 Å². The second kappa shape index (κ2) is 3.85. The van der Waals surface area contributed by atoms with Gasteiger partial charge in [-0.25, -0.2) is 9.59 Å². The molecule has 0 saturated carbocycles. The van der Waals surface area contributed by atoms with Gasteiger partial charge < -0.3 is 5.11 Å². The van der Waals surface area contributed by atoms with Crippen molar-refractivity contribution in [3.63, 3.8) is 0 Å². The number of carbonyl (C=O) groups is 1. The standard InChI is InChI=1S/C8H9N3O3/c1-8(7(13)14,9-6-12)5-11-4-2-3-10-11/h2-4H,5H2,1H3,(H,13,14). The lowest BCUT2D eigenvalue weighted by molar-refractivity contribution is -0.143. The van der Waals surface area contributed by atoms with Crippen molar-refractivity contribution in [1.82, 2.24) is 9.78 Å². The number of rotatable bonds is 4. The summed E-state index contributed by atoms with van der Waals surface area (Å²) in [6.07, 6.45) is 4.37. The molecule has 1 heterocycles. The van der Waals surface area contributed by atoms with Crippen molar-refractivity contribution in [3.05, 3.63) is 18.5 Å². The maximum atomic E-state index is 10.8. The number of aromatic nitrogens is 2. The molecule has 1 atom stereocenters. The Morgan fingerprint density at radius 1 is 1.79 bits per heavy atom. The van der Waals surface area contributed by atoms with E-state index in [9.17, 15) is 9.59 Å². The lowest BCUT2D eigenvalue weighted by atomic mass is 10.0. The second-order valence-corrected chi connectivity index (χ2v) is 2.99. The van der Waals surface area contributed by atoms with Gasteiger partial charge in [-0.1, -0.05) is 0 Å². The summed E-state index contributed by atoms with van der Waals surface area (Å²) in [5.41, 5.74) is -1.51. The summed E-state index contributed by atoms with van der Waals surface area (Å²) in [6, 6.07) is 1.66. The molecule has 74 valence electrons. The van der Waals surface area contributed by atoms with Crippen LogP contribution in [-0.2, 0) is 16.1 Å². The van der Waals surface area contributed by atoms with E-state index in [2.05, 4.69) is 10.1 Å². The summed E-state index contributed by atoms with van der Waals surface area (Å²) in [5, 5.41) is 12.7. The van der Waals surface area contributed by atoms with Crippen LogP contribution < -0.4 is 0 Å². The smallest absolute Gasteiger partial charge is 0.334 e. The minimum atomic E-state index is -1.51. The number of carbonyl (C=O) groups excluding carboxylic acids is 1. The first-order chi connectivity index (χ1) is 6.58. The van der Waals surface area contributed by atoms with Crippen molar-refractivity contribution < 1.29 is 14.7 Å². The van der Waals surface area contributed by atoms with Crippen molar-refractivity contribution in [2.24, 2.45) is 4.99 Å². The van der Waals surface area contributed by atoms with Crippen molar-refractivity contribution >= 4 is 12.0 Å². The Balaban J connectivity index is 2.90.